The van der Waals surface area contributed by atoms with Crippen molar-refractivity contribution in [2.75, 3.05) is 0 Å². The topological polar surface area (TPSA) is 43.6 Å². The third-order valence-corrected chi connectivity index (χ3v) is 2.35. The van der Waals surface area contributed by atoms with Crippen molar-refractivity contribution in [1.82, 2.24) is 19.7 Å². The maximum atomic E-state index is 12.7. The number of aromatic nitrogens is 4. The van der Waals surface area contributed by atoms with Crippen LogP contribution in [0.3, 0.4) is 0 Å². The molecule has 16 heavy (non-hydrogen) atoms. The van der Waals surface area contributed by atoms with Gasteiger partial charge >= 0.3 is 0 Å². The SMILES string of the molecule is CCc1cc(CC)n(-c2ncc(F)cn2)n1. The maximum absolute atomic E-state index is 12.7. The molecule has 2 aromatic rings. The Morgan fingerprint density at radius 1 is 1.19 bits per heavy atom. The van der Waals surface area contributed by atoms with E-state index in [0.29, 0.717) is 5.95 Å². The Balaban J connectivity index is 2.45. The number of hydrogen-bond acceptors (Lipinski definition) is 3. The Bertz CT molecular complexity index is 475. The van der Waals surface area contributed by atoms with Crippen LogP contribution in [-0.2, 0) is 12.8 Å². The molecule has 0 saturated heterocycles. The normalized spacial score (nSPS) is 10.7. The predicted molar refractivity (Wildman–Crippen MR) is 57.9 cm³/mol. The Kier molecular flexibility index (Phi) is 2.94. The molecule has 0 spiro atoms. The van der Waals surface area contributed by atoms with Crippen LogP contribution in [0.1, 0.15) is 25.2 Å². The van der Waals surface area contributed by atoms with Gasteiger partial charge in [0.15, 0.2) is 5.82 Å². The van der Waals surface area contributed by atoms with Crippen LogP contribution in [0.15, 0.2) is 18.5 Å². The highest BCUT2D eigenvalue weighted by molar-refractivity contribution is 5.19. The quantitative estimate of drug-likeness (QED) is 0.793. The Morgan fingerprint density at radius 3 is 2.44 bits per heavy atom. The van der Waals surface area contributed by atoms with Crippen molar-refractivity contribution in [2.45, 2.75) is 26.7 Å². The van der Waals surface area contributed by atoms with Gasteiger partial charge in [0.25, 0.3) is 5.95 Å². The van der Waals surface area contributed by atoms with Crippen LogP contribution in [0.25, 0.3) is 5.95 Å². The van der Waals surface area contributed by atoms with E-state index in [-0.39, 0.29) is 0 Å². The highest BCUT2D eigenvalue weighted by atomic mass is 19.1. The van der Waals surface area contributed by atoms with E-state index in [1.165, 1.54) is 0 Å². The summed E-state index contributed by atoms with van der Waals surface area (Å²) < 4.78 is 14.4. The van der Waals surface area contributed by atoms with Gasteiger partial charge in [-0.25, -0.2) is 19.0 Å². The highest BCUT2D eigenvalue weighted by Crippen LogP contribution is 2.10. The Hall–Kier alpha value is -1.78. The molecule has 0 aliphatic heterocycles. The van der Waals surface area contributed by atoms with Crippen LogP contribution < -0.4 is 0 Å². The van der Waals surface area contributed by atoms with Crippen molar-refractivity contribution >= 4 is 0 Å². The lowest BCUT2D eigenvalue weighted by Crippen LogP contribution is -2.06. The van der Waals surface area contributed by atoms with E-state index in [4.69, 9.17) is 0 Å². The molecular formula is C11H13FN4. The summed E-state index contributed by atoms with van der Waals surface area (Å²) in [5.41, 5.74) is 2.02. The fourth-order valence-electron chi connectivity index (χ4n) is 1.49. The van der Waals surface area contributed by atoms with E-state index in [1.54, 1.807) is 4.68 Å². The van der Waals surface area contributed by atoms with Crippen LogP contribution in [0.2, 0.25) is 0 Å². The van der Waals surface area contributed by atoms with Crippen molar-refractivity contribution in [3.63, 3.8) is 0 Å². The van der Waals surface area contributed by atoms with E-state index in [1.807, 2.05) is 19.9 Å². The van der Waals surface area contributed by atoms with Crippen LogP contribution in [-0.4, -0.2) is 19.7 Å². The standard InChI is InChI=1S/C11H13FN4/c1-3-9-5-10(4-2)16(15-9)11-13-6-8(12)7-14-11/h5-7H,3-4H2,1-2H3. The number of nitrogens with zero attached hydrogens (tertiary/aromatic N) is 4. The minimum Gasteiger partial charge on any atom is -0.217 e. The molecule has 0 amide bonds. The molecule has 0 bridgehead atoms. The third kappa shape index (κ3) is 1.93. The van der Waals surface area contributed by atoms with Gasteiger partial charge in [0, 0.05) is 5.69 Å². The lowest BCUT2D eigenvalue weighted by Gasteiger charge is -2.02. The molecule has 0 atom stereocenters. The molecule has 0 aliphatic carbocycles. The van der Waals surface area contributed by atoms with Gasteiger partial charge in [0.2, 0.25) is 0 Å². The summed E-state index contributed by atoms with van der Waals surface area (Å²) in [6, 6.07) is 2.02. The van der Waals surface area contributed by atoms with Crippen LogP contribution >= 0.6 is 0 Å². The predicted octanol–water partition coefficient (Wildman–Crippen LogP) is 1.93. The second kappa shape index (κ2) is 4.38. The van der Waals surface area contributed by atoms with Gasteiger partial charge in [0.1, 0.15) is 0 Å². The molecule has 0 fully saturated rings. The minimum absolute atomic E-state index is 0.415. The summed E-state index contributed by atoms with van der Waals surface area (Å²) >= 11 is 0. The van der Waals surface area contributed by atoms with Gasteiger partial charge in [-0.2, -0.15) is 5.10 Å². The molecule has 0 aromatic carbocycles. The summed E-state index contributed by atoms with van der Waals surface area (Å²) in [6.07, 6.45) is 4.00. The zero-order valence-electron chi connectivity index (χ0n) is 9.31. The van der Waals surface area contributed by atoms with Crippen LogP contribution in [0.4, 0.5) is 4.39 Å². The molecule has 0 aliphatic rings. The molecule has 84 valence electrons. The average Bonchev–Trinajstić information content (AvgIpc) is 2.73. The fourth-order valence-corrected chi connectivity index (χ4v) is 1.49. The highest BCUT2D eigenvalue weighted by Gasteiger charge is 2.09. The van der Waals surface area contributed by atoms with E-state index < -0.39 is 5.82 Å². The summed E-state index contributed by atoms with van der Waals surface area (Å²) in [6.45, 7) is 4.08. The first kappa shape index (κ1) is 10.7. The summed E-state index contributed by atoms with van der Waals surface area (Å²) in [5, 5.41) is 4.37. The van der Waals surface area contributed by atoms with Crippen molar-refractivity contribution in [3.05, 3.63) is 35.7 Å². The monoisotopic (exact) mass is 220 g/mol. The number of hydrogen-bond donors (Lipinski definition) is 0. The van der Waals surface area contributed by atoms with Gasteiger partial charge in [-0.15, -0.1) is 0 Å². The van der Waals surface area contributed by atoms with Gasteiger partial charge in [-0.05, 0) is 18.9 Å². The van der Waals surface area contributed by atoms with Gasteiger partial charge in [-0.1, -0.05) is 13.8 Å². The van der Waals surface area contributed by atoms with E-state index in [0.717, 1.165) is 36.6 Å². The second-order valence-electron chi connectivity index (χ2n) is 3.45. The molecule has 2 heterocycles. The minimum atomic E-state index is -0.440. The van der Waals surface area contributed by atoms with Crippen LogP contribution in [0.5, 0.6) is 0 Å². The van der Waals surface area contributed by atoms with E-state index in [2.05, 4.69) is 15.1 Å². The van der Waals surface area contributed by atoms with Crippen molar-refractivity contribution in [1.29, 1.82) is 0 Å². The molecule has 2 aromatic heterocycles. The summed E-state index contributed by atoms with van der Waals surface area (Å²) in [7, 11) is 0. The van der Waals surface area contributed by atoms with Crippen molar-refractivity contribution < 1.29 is 4.39 Å². The lowest BCUT2D eigenvalue weighted by molar-refractivity contribution is 0.607. The first-order chi connectivity index (χ1) is 7.74. The number of aryl methyl sites for hydroxylation is 2. The molecular weight excluding hydrogens is 207 g/mol. The fraction of sp³-hybridized carbons (Fsp3) is 0.364. The van der Waals surface area contributed by atoms with Gasteiger partial charge < -0.3 is 0 Å². The lowest BCUT2D eigenvalue weighted by atomic mass is 10.3. The molecule has 0 N–H and O–H groups in total. The Morgan fingerprint density at radius 2 is 1.88 bits per heavy atom. The van der Waals surface area contributed by atoms with Gasteiger partial charge in [-0.3, -0.25) is 0 Å². The zero-order chi connectivity index (χ0) is 11.5. The summed E-state index contributed by atoms with van der Waals surface area (Å²) in [4.78, 5) is 7.84. The van der Waals surface area contributed by atoms with Gasteiger partial charge in [0.05, 0.1) is 18.1 Å². The van der Waals surface area contributed by atoms with E-state index >= 15 is 0 Å². The van der Waals surface area contributed by atoms with Crippen molar-refractivity contribution in [2.24, 2.45) is 0 Å². The Labute approximate surface area is 93.2 Å². The third-order valence-electron chi connectivity index (χ3n) is 2.35. The second-order valence-corrected chi connectivity index (χ2v) is 3.45. The molecule has 0 unspecified atom stereocenters. The largest absolute Gasteiger partial charge is 0.250 e. The zero-order valence-corrected chi connectivity index (χ0v) is 9.31. The van der Waals surface area contributed by atoms with Crippen molar-refractivity contribution in [3.8, 4) is 5.95 Å². The molecule has 4 nitrogen and oxygen atoms in total. The average molecular weight is 220 g/mol. The first-order valence-electron chi connectivity index (χ1n) is 5.30. The maximum Gasteiger partial charge on any atom is 0.250 e. The number of rotatable bonds is 3. The smallest absolute Gasteiger partial charge is 0.217 e. The molecule has 0 radical (unpaired) electrons. The molecule has 0 saturated carbocycles. The first-order valence-corrected chi connectivity index (χ1v) is 5.30. The van der Waals surface area contributed by atoms with E-state index in [9.17, 15) is 4.39 Å². The number of halogens is 1. The van der Waals surface area contributed by atoms with Crippen LogP contribution in [0, 0.1) is 5.82 Å². The molecule has 2 rings (SSSR count). The molecule has 5 heteroatoms. The summed E-state index contributed by atoms with van der Waals surface area (Å²) in [5.74, 6) is -0.0254.